The highest BCUT2D eigenvalue weighted by Gasteiger charge is 2.26. The molecule has 1 aliphatic heterocycles. The van der Waals surface area contributed by atoms with E-state index in [-0.39, 0.29) is 18.5 Å². The van der Waals surface area contributed by atoms with Gasteiger partial charge in [0.05, 0.1) is 0 Å². The first kappa shape index (κ1) is 23.4. The monoisotopic (exact) mass is 457 g/mol. The molecule has 176 valence electrons. The van der Waals surface area contributed by atoms with Crippen LogP contribution in [0.1, 0.15) is 37.3 Å². The van der Waals surface area contributed by atoms with Crippen molar-refractivity contribution in [2.75, 3.05) is 29.9 Å². The summed E-state index contributed by atoms with van der Waals surface area (Å²) in [6.45, 7) is 6.31. The van der Waals surface area contributed by atoms with Gasteiger partial charge in [-0.1, -0.05) is 56.3 Å². The summed E-state index contributed by atoms with van der Waals surface area (Å²) in [5.41, 5.74) is 3.92. The first-order chi connectivity index (χ1) is 16.5. The third-order valence-electron chi connectivity index (χ3n) is 5.91. The van der Waals surface area contributed by atoms with Crippen LogP contribution in [-0.2, 0) is 11.3 Å². The predicted molar refractivity (Wildman–Crippen MR) is 135 cm³/mol. The lowest BCUT2D eigenvalue weighted by molar-refractivity contribution is -0.118. The summed E-state index contributed by atoms with van der Waals surface area (Å²) in [6, 6.07) is 25.1. The van der Waals surface area contributed by atoms with Crippen LogP contribution < -0.4 is 15.0 Å². The molecular formula is C28H31N3O3. The summed E-state index contributed by atoms with van der Waals surface area (Å²) in [7, 11) is 0. The summed E-state index contributed by atoms with van der Waals surface area (Å²) in [4.78, 5) is 29.0. The van der Waals surface area contributed by atoms with Crippen molar-refractivity contribution in [2.45, 2.75) is 32.7 Å². The molecule has 3 aromatic rings. The molecule has 6 nitrogen and oxygen atoms in total. The van der Waals surface area contributed by atoms with Crippen molar-refractivity contribution in [2.24, 2.45) is 0 Å². The Morgan fingerprint density at radius 2 is 1.65 bits per heavy atom. The lowest BCUT2D eigenvalue weighted by Crippen LogP contribution is -2.49. The first-order valence-electron chi connectivity index (χ1n) is 11.7. The number of ether oxygens (including phenoxy) is 1. The van der Waals surface area contributed by atoms with Crippen LogP contribution in [0.3, 0.4) is 0 Å². The van der Waals surface area contributed by atoms with Gasteiger partial charge in [0.15, 0.2) is 6.61 Å². The SMILES string of the molecule is CC(C)c1ccc(CN2CCCN(c3ccc(NC(=O)COc4ccccc4)cc3)C2=O)cc1. The molecule has 3 amide bonds. The average molecular weight is 458 g/mol. The Balaban J connectivity index is 1.33. The van der Waals surface area contributed by atoms with Crippen LogP contribution >= 0.6 is 0 Å². The maximum atomic E-state index is 13.2. The van der Waals surface area contributed by atoms with E-state index in [9.17, 15) is 9.59 Å². The van der Waals surface area contributed by atoms with Crippen LogP contribution in [0.15, 0.2) is 78.9 Å². The lowest BCUT2D eigenvalue weighted by Gasteiger charge is -2.35. The number of anilines is 2. The maximum Gasteiger partial charge on any atom is 0.324 e. The Labute approximate surface area is 201 Å². The normalized spacial score (nSPS) is 13.8. The molecule has 1 fully saturated rings. The molecule has 34 heavy (non-hydrogen) atoms. The second-order valence-electron chi connectivity index (χ2n) is 8.80. The number of carbonyl (C=O) groups excluding carboxylic acids is 2. The molecule has 3 aromatic carbocycles. The lowest BCUT2D eigenvalue weighted by atomic mass is 10.0. The second-order valence-corrected chi connectivity index (χ2v) is 8.80. The molecule has 0 aromatic heterocycles. The van der Waals surface area contributed by atoms with E-state index in [1.807, 2.05) is 59.5 Å². The molecule has 4 rings (SSSR count). The van der Waals surface area contributed by atoms with Gasteiger partial charge in [0.2, 0.25) is 0 Å². The number of hydrogen-bond acceptors (Lipinski definition) is 3. The maximum absolute atomic E-state index is 13.2. The highest BCUT2D eigenvalue weighted by Crippen LogP contribution is 2.24. The van der Waals surface area contributed by atoms with E-state index in [2.05, 4.69) is 43.4 Å². The third kappa shape index (κ3) is 5.95. The number of urea groups is 1. The standard InChI is InChI=1S/C28H31N3O3/c1-21(2)23-11-9-22(10-12-23)19-30-17-6-18-31(28(30)33)25-15-13-24(14-16-25)29-27(32)20-34-26-7-4-3-5-8-26/h3-5,7-16,21H,6,17-20H2,1-2H3,(H,29,32). The van der Waals surface area contributed by atoms with E-state index in [1.54, 1.807) is 4.90 Å². The van der Waals surface area contributed by atoms with E-state index in [1.165, 1.54) is 5.56 Å². The van der Waals surface area contributed by atoms with Crippen LogP contribution in [-0.4, -0.2) is 36.5 Å². The molecule has 1 aliphatic rings. The summed E-state index contributed by atoms with van der Waals surface area (Å²) in [5, 5.41) is 2.83. The van der Waals surface area contributed by atoms with Gasteiger partial charge < -0.3 is 15.0 Å². The second kappa shape index (κ2) is 10.9. The van der Waals surface area contributed by atoms with Gasteiger partial charge >= 0.3 is 6.03 Å². The largest absolute Gasteiger partial charge is 0.484 e. The zero-order chi connectivity index (χ0) is 23.9. The predicted octanol–water partition coefficient (Wildman–Crippen LogP) is 5.66. The minimum absolute atomic E-state index is 0.00670. The van der Waals surface area contributed by atoms with E-state index in [4.69, 9.17) is 4.74 Å². The molecule has 1 saturated heterocycles. The van der Waals surface area contributed by atoms with E-state index < -0.39 is 0 Å². The van der Waals surface area contributed by atoms with E-state index >= 15 is 0 Å². The molecule has 0 unspecified atom stereocenters. The van der Waals surface area contributed by atoms with Gasteiger partial charge in [-0.2, -0.15) is 0 Å². The number of nitrogens with zero attached hydrogens (tertiary/aromatic N) is 2. The average Bonchev–Trinajstić information content (AvgIpc) is 2.86. The van der Waals surface area contributed by atoms with Crippen molar-refractivity contribution in [3.05, 3.63) is 90.0 Å². The Morgan fingerprint density at radius 3 is 2.32 bits per heavy atom. The number of benzene rings is 3. The van der Waals surface area contributed by atoms with Crippen molar-refractivity contribution in [3.63, 3.8) is 0 Å². The Morgan fingerprint density at radius 1 is 0.941 bits per heavy atom. The number of amides is 3. The van der Waals surface area contributed by atoms with Crippen LogP contribution in [0, 0.1) is 0 Å². The van der Waals surface area contributed by atoms with Gasteiger partial charge in [0.25, 0.3) is 5.91 Å². The van der Waals surface area contributed by atoms with Crippen molar-refractivity contribution >= 4 is 23.3 Å². The molecule has 0 atom stereocenters. The molecule has 0 spiro atoms. The fraction of sp³-hybridized carbons (Fsp3) is 0.286. The number of rotatable bonds is 8. The summed E-state index contributed by atoms with van der Waals surface area (Å²) >= 11 is 0. The third-order valence-corrected chi connectivity index (χ3v) is 5.91. The van der Waals surface area contributed by atoms with Crippen LogP contribution in [0.5, 0.6) is 5.75 Å². The first-order valence-corrected chi connectivity index (χ1v) is 11.7. The molecule has 1 heterocycles. The Kier molecular flexibility index (Phi) is 7.48. The zero-order valence-corrected chi connectivity index (χ0v) is 19.7. The smallest absolute Gasteiger partial charge is 0.324 e. The fourth-order valence-corrected chi connectivity index (χ4v) is 3.98. The van der Waals surface area contributed by atoms with Crippen LogP contribution in [0.4, 0.5) is 16.2 Å². The van der Waals surface area contributed by atoms with Gasteiger partial charge in [-0.15, -0.1) is 0 Å². The van der Waals surface area contributed by atoms with Crippen molar-refractivity contribution in [1.29, 1.82) is 0 Å². The molecule has 0 radical (unpaired) electrons. The molecule has 6 heteroatoms. The highest BCUT2D eigenvalue weighted by molar-refractivity contribution is 5.94. The van der Waals surface area contributed by atoms with Crippen LogP contribution in [0.25, 0.3) is 0 Å². The van der Waals surface area contributed by atoms with Gasteiger partial charge in [-0.05, 0) is 59.9 Å². The minimum Gasteiger partial charge on any atom is -0.484 e. The van der Waals surface area contributed by atoms with E-state index in [0.29, 0.717) is 30.4 Å². The van der Waals surface area contributed by atoms with Crippen molar-refractivity contribution in [3.8, 4) is 5.75 Å². The van der Waals surface area contributed by atoms with Crippen molar-refractivity contribution < 1.29 is 14.3 Å². The number of hydrogen-bond donors (Lipinski definition) is 1. The Bertz CT molecular complexity index is 1100. The fourth-order valence-electron chi connectivity index (χ4n) is 3.98. The zero-order valence-electron chi connectivity index (χ0n) is 19.7. The highest BCUT2D eigenvalue weighted by atomic mass is 16.5. The molecule has 0 aliphatic carbocycles. The summed E-state index contributed by atoms with van der Waals surface area (Å²) in [5.74, 6) is 0.905. The quantitative estimate of drug-likeness (QED) is 0.475. The molecule has 0 bridgehead atoms. The van der Waals surface area contributed by atoms with Gasteiger partial charge in [0.1, 0.15) is 5.75 Å². The van der Waals surface area contributed by atoms with Crippen LogP contribution in [0.2, 0.25) is 0 Å². The Hall–Kier alpha value is -3.80. The van der Waals surface area contributed by atoms with E-state index in [0.717, 1.165) is 24.2 Å². The molecule has 1 N–H and O–H groups in total. The molecule has 0 saturated carbocycles. The number of nitrogens with one attached hydrogen (secondary N) is 1. The summed E-state index contributed by atoms with van der Waals surface area (Å²) < 4.78 is 5.48. The topological polar surface area (TPSA) is 61.9 Å². The number of para-hydroxylation sites is 1. The van der Waals surface area contributed by atoms with Crippen molar-refractivity contribution in [1.82, 2.24) is 4.90 Å². The minimum atomic E-state index is -0.236. The molecular weight excluding hydrogens is 426 g/mol. The summed E-state index contributed by atoms with van der Waals surface area (Å²) in [6.07, 6.45) is 0.908. The number of carbonyl (C=O) groups is 2. The van der Waals surface area contributed by atoms with Gasteiger partial charge in [0, 0.05) is 31.0 Å². The van der Waals surface area contributed by atoms with Gasteiger partial charge in [-0.25, -0.2) is 4.79 Å². The van der Waals surface area contributed by atoms with Gasteiger partial charge in [-0.3, -0.25) is 9.69 Å².